The van der Waals surface area contributed by atoms with E-state index in [0.29, 0.717) is 35.9 Å². The Bertz CT molecular complexity index is 1220. The summed E-state index contributed by atoms with van der Waals surface area (Å²) < 4.78 is 12.5. The van der Waals surface area contributed by atoms with E-state index in [0.717, 1.165) is 68.0 Å². The lowest BCUT2D eigenvalue weighted by molar-refractivity contribution is 0.0898. The van der Waals surface area contributed by atoms with Crippen molar-refractivity contribution < 1.29 is 19.1 Å². The fourth-order valence-corrected chi connectivity index (χ4v) is 5.52. The Morgan fingerprint density at radius 2 is 1.76 bits per heavy atom. The summed E-state index contributed by atoms with van der Waals surface area (Å²) in [6.07, 6.45) is 9.35. The molecule has 1 heterocycles. The van der Waals surface area contributed by atoms with E-state index in [-0.39, 0.29) is 17.6 Å². The lowest BCUT2D eigenvalue weighted by Gasteiger charge is -2.17. The van der Waals surface area contributed by atoms with Crippen LogP contribution in [0.3, 0.4) is 0 Å². The van der Waals surface area contributed by atoms with E-state index >= 15 is 0 Å². The van der Waals surface area contributed by atoms with E-state index in [1.54, 1.807) is 14.2 Å². The van der Waals surface area contributed by atoms with E-state index < -0.39 is 0 Å². The molecule has 0 radical (unpaired) electrons. The van der Waals surface area contributed by atoms with Gasteiger partial charge >= 0.3 is 0 Å². The maximum atomic E-state index is 13.3. The van der Waals surface area contributed by atoms with Gasteiger partial charge in [-0.25, -0.2) is 0 Å². The zero-order valence-electron chi connectivity index (χ0n) is 22.3. The third-order valence-corrected chi connectivity index (χ3v) is 7.61. The number of amides is 1. The first-order valence-electron chi connectivity index (χ1n) is 13.4. The first-order chi connectivity index (χ1) is 18.0. The Hall–Kier alpha value is -3.19. The summed E-state index contributed by atoms with van der Waals surface area (Å²) >= 11 is 0. The van der Waals surface area contributed by atoms with Gasteiger partial charge in [-0.05, 0) is 68.4 Å². The molecule has 37 heavy (non-hydrogen) atoms. The summed E-state index contributed by atoms with van der Waals surface area (Å²) in [6, 6.07) is 11.4. The third-order valence-electron chi connectivity index (χ3n) is 7.61. The van der Waals surface area contributed by atoms with Gasteiger partial charge in [-0.3, -0.25) is 14.3 Å². The largest absolute Gasteiger partial charge is 0.496 e. The second-order valence-corrected chi connectivity index (χ2v) is 10.1. The molecule has 0 spiro atoms. The number of ether oxygens (including phenoxy) is 2. The molecule has 3 aromatic rings. The standard InChI is InChI=1S/C30H39N3O4/c1-21-24(30(35)31-17-18-36-2)15-16-27-26(21)20-33(32-27)19-22-9-4-5-11-23(12-8-10-22)29(34)25-13-6-7-14-28(25)37-3/h6-7,13-16,20,22-23H,4-5,8-12,17-19H2,1-3H3,(H,31,35). The molecule has 2 unspecified atom stereocenters. The van der Waals surface area contributed by atoms with E-state index in [4.69, 9.17) is 14.6 Å². The SMILES string of the molecule is COCCNC(=O)c1ccc2nn(CC3CCCCC(C(=O)c4ccccc4OC)CCC3)cc2c1C. The number of carbonyl (C=O) groups is 2. The fraction of sp³-hybridized carbons (Fsp3) is 0.500. The van der Waals surface area contributed by atoms with Gasteiger partial charge in [0.05, 0.1) is 24.8 Å². The van der Waals surface area contributed by atoms with Crippen LogP contribution in [-0.2, 0) is 11.3 Å². The maximum absolute atomic E-state index is 13.3. The first-order valence-corrected chi connectivity index (χ1v) is 13.4. The summed E-state index contributed by atoms with van der Waals surface area (Å²) in [7, 11) is 3.24. The van der Waals surface area contributed by atoms with Gasteiger partial charge in [0, 0.05) is 43.3 Å². The second-order valence-electron chi connectivity index (χ2n) is 10.1. The van der Waals surface area contributed by atoms with Crippen molar-refractivity contribution in [1.82, 2.24) is 15.1 Å². The molecule has 1 N–H and O–H groups in total. The van der Waals surface area contributed by atoms with Crippen LogP contribution in [-0.4, -0.2) is 48.8 Å². The highest BCUT2D eigenvalue weighted by Crippen LogP contribution is 2.31. The number of aromatic nitrogens is 2. The summed E-state index contributed by atoms with van der Waals surface area (Å²) in [6.45, 7) is 3.81. The predicted octanol–water partition coefficient (Wildman–Crippen LogP) is 5.59. The molecule has 7 heteroatoms. The molecule has 0 bridgehead atoms. The van der Waals surface area contributed by atoms with E-state index in [1.807, 2.05) is 48.0 Å². The minimum Gasteiger partial charge on any atom is -0.496 e. The minimum absolute atomic E-state index is 0.0541. The highest BCUT2D eigenvalue weighted by molar-refractivity contribution is 6.01. The molecule has 198 valence electrons. The van der Waals surface area contributed by atoms with Crippen molar-refractivity contribution in [1.29, 1.82) is 0 Å². The van der Waals surface area contributed by atoms with E-state index in [9.17, 15) is 9.59 Å². The predicted molar refractivity (Wildman–Crippen MR) is 145 cm³/mol. The van der Waals surface area contributed by atoms with Gasteiger partial charge in [-0.2, -0.15) is 5.10 Å². The highest BCUT2D eigenvalue weighted by Gasteiger charge is 2.24. The molecule has 1 amide bonds. The topological polar surface area (TPSA) is 82.5 Å². The van der Waals surface area contributed by atoms with Gasteiger partial charge in [0.15, 0.2) is 5.78 Å². The van der Waals surface area contributed by atoms with Crippen LogP contribution >= 0.6 is 0 Å². The van der Waals surface area contributed by atoms with Gasteiger partial charge in [-0.1, -0.05) is 31.4 Å². The summed E-state index contributed by atoms with van der Waals surface area (Å²) in [5.74, 6) is 1.37. The van der Waals surface area contributed by atoms with Crippen LogP contribution in [0.25, 0.3) is 10.9 Å². The number of hydrogen-bond acceptors (Lipinski definition) is 5. The van der Waals surface area contributed by atoms with E-state index in [2.05, 4.69) is 11.5 Å². The van der Waals surface area contributed by atoms with Crippen LogP contribution in [0, 0.1) is 18.8 Å². The smallest absolute Gasteiger partial charge is 0.251 e. The molecule has 1 aliphatic carbocycles. The second kappa shape index (κ2) is 12.9. The summed E-state index contributed by atoms with van der Waals surface area (Å²) in [4.78, 5) is 25.9. The molecular formula is C30H39N3O4. The number of nitrogens with one attached hydrogen (secondary N) is 1. The Labute approximate surface area is 219 Å². The van der Waals surface area contributed by atoms with Gasteiger partial charge in [0.1, 0.15) is 5.75 Å². The van der Waals surface area contributed by atoms with Crippen molar-refractivity contribution in [2.45, 2.75) is 58.4 Å². The van der Waals surface area contributed by atoms with Gasteiger partial charge in [0.25, 0.3) is 5.91 Å². The molecule has 1 aliphatic rings. The summed E-state index contributed by atoms with van der Waals surface area (Å²) in [5.41, 5.74) is 3.25. The zero-order valence-corrected chi connectivity index (χ0v) is 22.3. The molecule has 4 rings (SSSR count). The van der Waals surface area contributed by atoms with Crippen molar-refractivity contribution in [2.24, 2.45) is 11.8 Å². The molecular weight excluding hydrogens is 466 g/mol. The van der Waals surface area contributed by atoms with Crippen LogP contribution in [0.15, 0.2) is 42.6 Å². The average Bonchev–Trinajstić information content (AvgIpc) is 3.37. The normalized spacial score (nSPS) is 18.6. The molecule has 1 aromatic heterocycles. The number of ketones is 1. The maximum Gasteiger partial charge on any atom is 0.251 e. The Morgan fingerprint density at radius 3 is 2.57 bits per heavy atom. The fourth-order valence-electron chi connectivity index (χ4n) is 5.52. The molecule has 2 atom stereocenters. The van der Waals surface area contributed by atoms with Crippen molar-refractivity contribution in [3.63, 3.8) is 0 Å². The van der Waals surface area contributed by atoms with Crippen LogP contribution in [0.5, 0.6) is 5.75 Å². The lowest BCUT2D eigenvalue weighted by Crippen LogP contribution is -2.27. The quantitative estimate of drug-likeness (QED) is 0.303. The lowest BCUT2D eigenvalue weighted by atomic mass is 9.88. The first kappa shape index (κ1) is 26.9. The number of aryl methyl sites for hydroxylation is 1. The van der Waals surface area contributed by atoms with E-state index in [1.165, 1.54) is 0 Å². The number of para-hydroxylation sites is 1. The summed E-state index contributed by atoms with van der Waals surface area (Å²) in [5, 5.41) is 8.74. The highest BCUT2D eigenvalue weighted by atomic mass is 16.5. The van der Waals surface area contributed by atoms with Crippen LogP contribution in [0.2, 0.25) is 0 Å². The number of carbonyl (C=O) groups excluding carboxylic acids is 2. The van der Waals surface area contributed by atoms with Crippen LogP contribution in [0.4, 0.5) is 0 Å². The van der Waals surface area contributed by atoms with Crippen molar-refractivity contribution in [2.75, 3.05) is 27.4 Å². The molecule has 0 aliphatic heterocycles. The number of benzene rings is 2. The number of nitrogens with zero attached hydrogens (tertiary/aromatic N) is 2. The van der Waals surface area contributed by atoms with Crippen LogP contribution in [0.1, 0.15) is 71.2 Å². The Kier molecular flexibility index (Phi) is 9.34. The molecule has 7 nitrogen and oxygen atoms in total. The molecule has 0 saturated heterocycles. The number of methoxy groups -OCH3 is 2. The minimum atomic E-state index is -0.0855. The number of rotatable bonds is 9. The molecule has 1 saturated carbocycles. The number of Topliss-reactive ketones (excluding diaryl/α,β-unsaturated/α-hetero) is 1. The van der Waals surface area contributed by atoms with Gasteiger partial charge in [-0.15, -0.1) is 0 Å². The third kappa shape index (κ3) is 6.58. The number of hydrogen-bond donors (Lipinski definition) is 1. The zero-order chi connectivity index (χ0) is 26.2. The molecule has 2 aromatic carbocycles. The van der Waals surface area contributed by atoms with Crippen molar-refractivity contribution >= 4 is 22.6 Å². The Morgan fingerprint density at radius 1 is 1.00 bits per heavy atom. The Balaban J connectivity index is 1.40. The van der Waals surface area contributed by atoms with Crippen LogP contribution < -0.4 is 10.1 Å². The van der Waals surface area contributed by atoms with Crippen molar-refractivity contribution in [3.8, 4) is 5.75 Å². The van der Waals surface area contributed by atoms with Crippen molar-refractivity contribution in [3.05, 3.63) is 59.3 Å². The number of fused-ring (bicyclic) bond motifs is 1. The van der Waals surface area contributed by atoms with Gasteiger partial charge < -0.3 is 14.8 Å². The monoisotopic (exact) mass is 505 g/mol. The molecule has 1 fully saturated rings. The van der Waals surface area contributed by atoms with Gasteiger partial charge in [0.2, 0.25) is 0 Å². The average molecular weight is 506 g/mol.